The number of aromatic nitrogens is 4. The largest absolute Gasteiger partial charge is 0.336 e. The second kappa shape index (κ2) is 7.95. The summed E-state index contributed by atoms with van der Waals surface area (Å²) in [5.41, 5.74) is 9.97. The zero-order valence-electron chi connectivity index (χ0n) is 18.4. The van der Waals surface area contributed by atoms with Gasteiger partial charge in [0.25, 0.3) is 5.56 Å². The van der Waals surface area contributed by atoms with Crippen molar-refractivity contribution >= 4 is 34.0 Å². The summed E-state index contributed by atoms with van der Waals surface area (Å²) in [4.78, 5) is 23.9. The average molecular weight is 476 g/mol. The lowest BCUT2D eigenvalue weighted by Gasteiger charge is -2.31. The summed E-state index contributed by atoms with van der Waals surface area (Å²) in [6.07, 6.45) is 5.24. The third-order valence-corrected chi connectivity index (χ3v) is 7.34. The summed E-state index contributed by atoms with van der Waals surface area (Å²) in [7, 11) is 3.65. The van der Waals surface area contributed by atoms with E-state index in [1.807, 2.05) is 48.0 Å². The molecule has 0 aliphatic heterocycles. The molecule has 0 spiro atoms. The van der Waals surface area contributed by atoms with Gasteiger partial charge in [-0.05, 0) is 42.8 Å². The van der Waals surface area contributed by atoms with Crippen molar-refractivity contribution in [2.45, 2.75) is 12.5 Å². The number of nitrogens with zero attached hydrogens (tertiary/aromatic N) is 4. The number of thiophene rings is 1. The molecule has 4 heterocycles. The number of pyridine rings is 2. The minimum atomic E-state index is -1.03. The first-order valence-electron chi connectivity index (χ1n) is 10.4. The standard InChI is InChI=1S/C25H22ClN5OS/c1-15-4-9-21(33-15)19-11-23(32)31(3)24-20(19)10-17(12-29-24)25(27,22-13-28-14-30(22)2)16-5-7-18(26)8-6-16/h4-14H,27H2,1-3H3/t25-/m1/s1. The van der Waals surface area contributed by atoms with E-state index >= 15 is 0 Å². The number of rotatable bonds is 4. The third kappa shape index (κ3) is 3.49. The number of hydrogen-bond donors (Lipinski definition) is 1. The molecular formula is C25H22ClN5OS. The van der Waals surface area contributed by atoms with Crippen LogP contribution in [0.2, 0.25) is 5.02 Å². The van der Waals surface area contributed by atoms with E-state index in [-0.39, 0.29) is 5.56 Å². The lowest BCUT2D eigenvalue weighted by molar-refractivity contribution is 0.594. The molecule has 0 saturated carbocycles. The van der Waals surface area contributed by atoms with Crippen LogP contribution >= 0.6 is 22.9 Å². The van der Waals surface area contributed by atoms with Crippen molar-refractivity contribution in [2.24, 2.45) is 19.8 Å². The van der Waals surface area contributed by atoms with Crippen molar-refractivity contribution < 1.29 is 0 Å². The van der Waals surface area contributed by atoms with Gasteiger partial charge in [0.1, 0.15) is 11.2 Å². The van der Waals surface area contributed by atoms with Gasteiger partial charge in [-0.1, -0.05) is 23.7 Å². The molecule has 5 rings (SSSR count). The minimum absolute atomic E-state index is 0.104. The number of aryl methyl sites for hydroxylation is 3. The molecular weight excluding hydrogens is 454 g/mol. The lowest BCUT2D eigenvalue weighted by atomic mass is 9.81. The second-order valence-electron chi connectivity index (χ2n) is 8.17. The third-order valence-electron chi connectivity index (χ3n) is 6.05. The van der Waals surface area contributed by atoms with Crippen molar-refractivity contribution in [1.29, 1.82) is 0 Å². The number of fused-ring (bicyclic) bond motifs is 1. The van der Waals surface area contributed by atoms with Crippen LogP contribution in [0.25, 0.3) is 21.5 Å². The van der Waals surface area contributed by atoms with Gasteiger partial charge >= 0.3 is 0 Å². The van der Waals surface area contributed by atoms with Gasteiger partial charge in [0.15, 0.2) is 0 Å². The Morgan fingerprint density at radius 3 is 2.42 bits per heavy atom. The predicted molar refractivity (Wildman–Crippen MR) is 134 cm³/mol. The number of halogens is 1. The SMILES string of the molecule is Cc1ccc(-c2cc(=O)n(C)c3ncc([C@](N)(c4ccc(Cl)cc4)c4cncn4C)cc23)s1. The summed E-state index contributed by atoms with van der Waals surface area (Å²) in [6.45, 7) is 2.05. The van der Waals surface area contributed by atoms with Gasteiger partial charge in [0, 0.05) is 57.6 Å². The number of nitrogens with two attached hydrogens (primary N) is 1. The molecule has 0 aliphatic rings. The highest BCUT2D eigenvalue weighted by Gasteiger charge is 2.35. The maximum absolute atomic E-state index is 12.7. The number of benzene rings is 1. The summed E-state index contributed by atoms with van der Waals surface area (Å²) in [5, 5.41) is 1.50. The van der Waals surface area contributed by atoms with E-state index in [2.05, 4.69) is 18.0 Å². The fraction of sp³-hybridized carbons (Fsp3) is 0.160. The molecule has 2 N–H and O–H groups in total. The van der Waals surface area contributed by atoms with E-state index in [4.69, 9.17) is 22.3 Å². The maximum atomic E-state index is 12.7. The van der Waals surface area contributed by atoms with Crippen molar-refractivity contribution in [3.05, 3.63) is 104 Å². The van der Waals surface area contributed by atoms with Crippen molar-refractivity contribution in [3.8, 4) is 10.4 Å². The highest BCUT2D eigenvalue weighted by atomic mass is 35.5. The molecule has 0 saturated heterocycles. The Hall–Kier alpha value is -3.26. The Morgan fingerprint density at radius 1 is 1.03 bits per heavy atom. The monoisotopic (exact) mass is 475 g/mol. The van der Waals surface area contributed by atoms with Gasteiger partial charge in [-0.3, -0.25) is 9.36 Å². The highest BCUT2D eigenvalue weighted by Crippen LogP contribution is 2.38. The smallest absolute Gasteiger partial charge is 0.252 e. The molecule has 0 aliphatic carbocycles. The van der Waals surface area contributed by atoms with E-state index < -0.39 is 5.54 Å². The summed E-state index contributed by atoms with van der Waals surface area (Å²) < 4.78 is 3.47. The van der Waals surface area contributed by atoms with Crippen LogP contribution < -0.4 is 11.3 Å². The van der Waals surface area contributed by atoms with Gasteiger partial charge < -0.3 is 10.3 Å². The maximum Gasteiger partial charge on any atom is 0.252 e. The molecule has 166 valence electrons. The van der Waals surface area contributed by atoms with E-state index in [0.717, 1.165) is 32.6 Å². The molecule has 0 radical (unpaired) electrons. The van der Waals surface area contributed by atoms with Crippen molar-refractivity contribution in [2.75, 3.05) is 0 Å². The van der Waals surface area contributed by atoms with E-state index in [0.29, 0.717) is 10.7 Å². The molecule has 0 unspecified atom stereocenters. The second-order valence-corrected chi connectivity index (χ2v) is 9.89. The summed E-state index contributed by atoms with van der Waals surface area (Å²) in [5.74, 6) is 0. The Kier molecular flexibility index (Phi) is 5.20. The zero-order chi connectivity index (χ0) is 23.3. The Bertz CT molecular complexity index is 1550. The summed E-state index contributed by atoms with van der Waals surface area (Å²) in [6, 6.07) is 15.3. The number of hydrogen-bond acceptors (Lipinski definition) is 5. The van der Waals surface area contributed by atoms with E-state index in [1.54, 1.807) is 47.7 Å². The highest BCUT2D eigenvalue weighted by molar-refractivity contribution is 7.15. The molecule has 0 bridgehead atoms. The Labute approximate surface area is 199 Å². The molecule has 1 aromatic carbocycles. The van der Waals surface area contributed by atoms with Crippen LogP contribution in [-0.2, 0) is 19.6 Å². The fourth-order valence-electron chi connectivity index (χ4n) is 4.24. The quantitative estimate of drug-likeness (QED) is 0.411. The molecule has 8 heteroatoms. The molecule has 4 aromatic heterocycles. The van der Waals surface area contributed by atoms with Gasteiger partial charge in [-0.25, -0.2) is 9.97 Å². The van der Waals surface area contributed by atoms with Crippen LogP contribution in [0.4, 0.5) is 0 Å². The van der Waals surface area contributed by atoms with Gasteiger partial charge in [-0.15, -0.1) is 11.3 Å². The minimum Gasteiger partial charge on any atom is -0.336 e. The molecule has 33 heavy (non-hydrogen) atoms. The van der Waals surface area contributed by atoms with E-state index in [9.17, 15) is 4.79 Å². The molecule has 1 atom stereocenters. The average Bonchev–Trinajstić information content (AvgIpc) is 3.44. The van der Waals surface area contributed by atoms with Gasteiger partial charge in [0.05, 0.1) is 18.2 Å². The zero-order valence-corrected chi connectivity index (χ0v) is 20.0. The Morgan fingerprint density at radius 2 is 1.79 bits per heavy atom. The van der Waals surface area contributed by atoms with Crippen LogP contribution in [0, 0.1) is 6.92 Å². The van der Waals surface area contributed by atoms with Crippen molar-refractivity contribution in [3.63, 3.8) is 0 Å². The van der Waals surface area contributed by atoms with Crippen LogP contribution in [-0.4, -0.2) is 19.1 Å². The van der Waals surface area contributed by atoms with Gasteiger partial charge in [-0.2, -0.15) is 0 Å². The molecule has 0 fully saturated rings. The molecule has 5 aromatic rings. The first-order chi connectivity index (χ1) is 15.8. The Balaban J connectivity index is 1.83. The lowest BCUT2D eigenvalue weighted by Crippen LogP contribution is -2.41. The topological polar surface area (TPSA) is 78.7 Å². The van der Waals surface area contributed by atoms with Crippen LogP contribution in [0.1, 0.15) is 21.7 Å². The van der Waals surface area contributed by atoms with Crippen molar-refractivity contribution in [1.82, 2.24) is 19.1 Å². The fourth-order valence-corrected chi connectivity index (χ4v) is 5.26. The van der Waals surface area contributed by atoms with Crippen LogP contribution in [0.3, 0.4) is 0 Å². The first kappa shape index (κ1) is 21.6. The predicted octanol–water partition coefficient (Wildman–Crippen LogP) is 4.61. The molecule has 6 nitrogen and oxygen atoms in total. The van der Waals surface area contributed by atoms with Crippen LogP contribution in [0.5, 0.6) is 0 Å². The first-order valence-corrected chi connectivity index (χ1v) is 11.6. The van der Waals surface area contributed by atoms with E-state index in [1.165, 1.54) is 4.88 Å². The van der Waals surface area contributed by atoms with Gasteiger partial charge in [0.2, 0.25) is 0 Å². The summed E-state index contributed by atoms with van der Waals surface area (Å²) >= 11 is 7.81. The molecule has 0 amide bonds. The normalized spacial score (nSPS) is 13.4. The number of imidazole rings is 1. The van der Waals surface area contributed by atoms with Crippen LogP contribution in [0.15, 0.2) is 72.0 Å².